The third-order valence-electron chi connectivity index (χ3n) is 2.02. The van der Waals surface area contributed by atoms with E-state index < -0.39 is 10.1 Å². The number of hydrogen-bond donors (Lipinski definition) is 1. The van der Waals surface area contributed by atoms with Gasteiger partial charge >= 0.3 is 18.9 Å². The Labute approximate surface area is 100 Å². The summed E-state index contributed by atoms with van der Waals surface area (Å²) in [6, 6.07) is 11.9. The Morgan fingerprint density at radius 2 is 1.53 bits per heavy atom. The molecule has 0 unspecified atom stereocenters. The SMILES string of the molecule is O=S(=O)(O)c1ccc2ccccc2c1.[LiH]. The monoisotopic (exact) mass is 216 g/mol. The molecule has 0 saturated carbocycles. The first-order chi connectivity index (χ1) is 6.57. The van der Waals surface area contributed by atoms with Crippen LogP contribution >= 0.6 is 0 Å². The summed E-state index contributed by atoms with van der Waals surface area (Å²) in [5.74, 6) is 0. The molecule has 74 valence electrons. The van der Waals surface area contributed by atoms with Crippen molar-refractivity contribution in [2.75, 3.05) is 0 Å². The molecule has 0 saturated heterocycles. The molecule has 0 aliphatic carbocycles. The maximum atomic E-state index is 10.8. The molecule has 0 radical (unpaired) electrons. The normalized spacial score (nSPS) is 11.0. The topological polar surface area (TPSA) is 54.4 Å². The number of benzene rings is 2. The molecule has 0 aromatic heterocycles. The van der Waals surface area contributed by atoms with Crippen LogP contribution < -0.4 is 0 Å². The summed E-state index contributed by atoms with van der Waals surface area (Å²) in [6.45, 7) is 0. The van der Waals surface area contributed by atoms with Gasteiger partial charge in [0.05, 0.1) is 4.90 Å². The van der Waals surface area contributed by atoms with Crippen molar-refractivity contribution in [2.24, 2.45) is 0 Å². The maximum absolute atomic E-state index is 10.8. The van der Waals surface area contributed by atoms with Crippen molar-refractivity contribution in [3.05, 3.63) is 42.5 Å². The molecule has 0 fully saturated rings. The standard InChI is InChI=1S/C10H8O3S.Li.H/c11-14(12,13)10-6-5-8-3-1-2-4-9(8)7-10;;/h1-7H,(H,11,12,13);;. The van der Waals surface area contributed by atoms with Crippen LogP contribution in [0.15, 0.2) is 47.4 Å². The van der Waals surface area contributed by atoms with Crippen molar-refractivity contribution >= 4 is 39.8 Å². The summed E-state index contributed by atoms with van der Waals surface area (Å²) in [5.41, 5.74) is 0. The second-order valence-electron chi connectivity index (χ2n) is 2.98. The Morgan fingerprint density at radius 3 is 2.13 bits per heavy atom. The predicted octanol–water partition coefficient (Wildman–Crippen LogP) is 1.44. The molecule has 0 spiro atoms. The summed E-state index contributed by atoms with van der Waals surface area (Å²) < 4.78 is 30.5. The van der Waals surface area contributed by atoms with Gasteiger partial charge in [-0.25, -0.2) is 0 Å². The van der Waals surface area contributed by atoms with Crippen LogP contribution in [0.4, 0.5) is 0 Å². The molecule has 15 heavy (non-hydrogen) atoms. The average molecular weight is 216 g/mol. The van der Waals surface area contributed by atoms with Crippen molar-refractivity contribution in [1.82, 2.24) is 0 Å². The number of hydrogen-bond acceptors (Lipinski definition) is 2. The van der Waals surface area contributed by atoms with E-state index in [-0.39, 0.29) is 23.8 Å². The van der Waals surface area contributed by atoms with E-state index in [0.717, 1.165) is 10.8 Å². The van der Waals surface area contributed by atoms with E-state index in [1.165, 1.54) is 12.1 Å². The predicted molar refractivity (Wildman–Crippen MR) is 60.9 cm³/mol. The number of rotatable bonds is 1. The molecule has 5 heteroatoms. The fourth-order valence-electron chi connectivity index (χ4n) is 1.33. The van der Waals surface area contributed by atoms with Gasteiger partial charge in [-0.3, -0.25) is 4.55 Å². The summed E-state index contributed by atoms with van der Waals surface area (Å²) in [6.07, 6.45) is 0. The minimum absolute atomic E-state index is 0. The summed E-state index contributed by atoms with van der Waals surface area (Å²) in [4.78, 5) is -0.0730. The van der Waals surface area contributed by atoms with Gasteiger partial charge in [0.2, 0.25) is 0 Å². The Bertz CT molecular complexity index is 578. The number of fused-ring (bicyclic) bond motifs is 1. The first-order valence-corrected chi connectivity index (χ1v) is 5.48. The van der Waals surface area contributed by atoms with Gasteiger partial charge in [0.25, 0.3) is 10.1 Å². The van der Waals surface area contributed by atoms with E-state index in [4.69, 9.17) is 4.55 Å². The molecular formula is C10H9LiO3S. The fraction of sp³-hybridized carbons (Fsp3) is 0. The fourth-order valence-corrected chi connectivity index (χ4v) is 1.84. The molecule has 0 aliphatic heterocycles. The van der Waals surface area contributed by atoms with Crippen LogP contribution in [0, 0.1) is 0 Å². The van der Waals surface area contributed by atoms with Crippen molar-refractivity contribution < 1.29 is 13.0 Å². The molecule has 0 bridgehead atoms. The zero-order valence-corrected chi connectivity index (χ0v) is 8.03. The summed E-state index contributed by atoms with van der Waals surface area (Å²) in [7, 11) is -4.09. The van der Waals surface area contributed by atoms with Gasteiger partial charge in [0, 0.05) is 0 Å². The zero-order chi connectivity index (χ0) is 10.2. The van der Waals surface area contributed by atoms with Gasteiger partial charge < -0.3 is 0 Å². The van der Waals surface area contributed by atoms with Crippen molar-refractivity contribution in [3.63, 3.8) is 0 Å². The van der Waals surface area contributed by atoms with Crippen LogP contribution in [-0.2, 0) is 10.1 Å². The van der Waals surface area contributed by atoms with Crippen LogP contribution in [-0.4, -0.2) is 31.8 Å². The minimum atomic E-state index is -4.09. The third-order valence-corrected chi connectivity index (χ3v) is 2.87. The second-order valence-corrected chi connectivity index (χ2v) is 4.41. The van der Waals surface area contributed by atoms with E-state index in [1.54, 1.807) is 12.1 Å². The molecule has 3 nitrogen and oxygen atoms in total. The van der Waals surface area contributed by atoms with Crippen LogP contribution in [0.3, 0.4) is 0 Å². The first kappa shape index (κ1) is 12.3. The van der Waals surface area contributed by atoms with Gasteiger partial charge in [-0.2, -0.15) is 8.42 Å². The summed E-state index contributed by atoms with van der Waals surface area (Å²) in [5, 5.41) is 1.74. The van der Waals surface area contributed by atoms with Gasteiger partial charge in [-0.05, 0) is 22.9 Å². The molecule has 0 aliphatic rings. The van der Waals surface area contributed by atoms with Crippen LogP contribution in [0.25, 0.3) is 10.8 Å². The van der Waals surface area contributed by atoms with E-state index in [0.29, 0.717) is 0 Å². The van der Waals surface area contributed by atoms with E-state index in [1.807, 2.05) is 18.2 Å². The molecule has 1 N–H and O–H groups in total. The molecule has 2 rings (SSSR count). The van der Waals surface area contributed by atoms with Crippen LogP contribution in [0.5, 0.6) is 0 Å². The quantitative estimate of drug-likeness (QED) is 0.579. The van der Waals surface area contributed by atoms with Gasteiger partial charge in [-0.1, -0.05) is 30.3 Å². The van der Waals surface area contributed by atoms with Crippen LogP contribution in [0.1, 0.15) is 0 Å². The second kappa shape index (κ2) is 4.38. The molecule has 2 aromatic carbocycles. The van der Waals surface area contributed by atoms with Gasteiger partial charge in [0.15, 0.2) is 0 Å². The summed E-state index contributed by atoms with van der Waals surface area (Å²) >= 11 is 0. The van der Waals surface area contributed by atoms with Crippen molar-refractivity contribution in [2.45, 2.75) is 4.90 Å². The Kier molecular flexibility index (Phi) is 3.58. The Hall–Kier alpha value is -0.793. The molecule has 0 amide bonds. The van der Waals surface area contributed by atoms with Crippen molar-refractivity contribution in [3.8, 4) is 0 Å². The van der Waals surface area contributed by atoms with Gasteiger partial charge in [0.1, 0.15) is 0 Å². The Balaban J connectivity index is 0.00000112. The van der Waals surface area contributed by atoms with Crippen LogP contribution in [0.2, 0.25) is 0 Å². The molecule has 0 heterocycles. The molecule has 2 aromatic rings. The van der Waals surface area contributed by atoms with E-state index in [2.05, 4.69) is 0 Å². The zero-order valence-electron chi connectivity index (χ0n) is 7.21. The average Bonchev–Trinajstić information content (AvgIpc) is 2.16. The first-order valence-electron chi connectivity index (χ1n) is 4.04. The van der Waals surface area contributed by atoms with Gasteiger partial charge in [-0.15, -0.1) is 0 Å². The molecule has 0 atom stereocenters. The molecular weight excluding hydrogens is 207 g/mol. The third kappa shape index (κ3) is 2.61. The van der Waals surface area contributed by atoms with Crippen molar-refractivity contribution in [1.29, 1.82) is 0 Å². The van der Waals surface area contributed by atoms with E-state index in [9.17, 15) is 8.42 Å². The Morgan fingerprint density at radius 1 is 0.933 bits per heavy atom. The van der Waals surface area contributed by atoms with E-state index >= 15 is 0 Å².